The molecule has 2 saturated heterocycles. The smallest absolute Gasteiger partial charge is 0.324 e. The summed E-state index contributed by atoms with van der Waals surface area (Å²) in [5.41, 5.74) is 9.51. The molecule has 4 aromatic rings. The van der Waals surface area contributed by atoms with E-state index in [1.807, 2.05) is 39.0 Å². The first-order valence-corrected chi connectivity index (χ1v) is 23.4. The number of nitrogens with zero attached hydrogens (tertiary/aromatic N) is 5. The number of likely N-dealkylation sites (N-methyl/N-ethyl adjacent to an activating group) is 1. The summed E-state index contributed by atoms with van der Waals surface area (Å²) in [4.78, 5) is 77.4. The van der Waals surface area contributed by atoms with Crippen LogP contribution in [0.4, 0.5) is 0 Å². The fourth-order valence-corrected chi connectivity index (χ4v) is 10.0. The van der Waals surface area contributed by atoms with Gasteiger partial charge in [-0.25, -0.2) is 5.43 Å². The van der Waals surface area contributed by atoms with Gasteiger partial charge in [0.2, 0.25) is 11.8 Å². The first-order valence-electron chi connectivity index (χ1n) is 23.4. The lowest BCUT2D eigenvalue weighted by molar-refractivity contribution is -0.155. The van der Waals surface area contributed by atoms with Gasteiger partial charge in [0, 0.05) is 74.8 Å². The normalized spacial score (nSPS) is 20.7. The van der Waals surface area contributed by atoms with Gasteiger partial charge in [0.1, 0.15) is 23.9 Å². The average Bonchev–Trinajstić information content (AvgIpc) is 3.92. The van der Waals surface area contributed by atoms with Crippen molar-refractivity contribution < 1.29 is 38.6 Å². The Labute approximate surface area is 393 Å². The molecule has 6 bridgehead atoms. The van der Waals surface area contributed by atoms with Gasteiger partial charge < -0.3 is 34.3 Å². The van der Waals surface area contributed by atoms with Gasteiger partial charge in [-0.15, -0.1) is 0 Å². The summed E-state index contributed by atoms with van der Waals surface area (Å²) in [6.45, 7) is 15.1. The van der Waals surface area contributed by atoms with Crippen molar-refractivity contribution in [3.05, 3.63) is 71.5 Å². The van der Waals surface area contributed by atoms with Crippen LogP contribution in [0.25, 0.3) is 33.3 Å². The number of amides is 4. The molecule has 15 nitrogen and oxygen atoms in total. The van der Waals surface area contributed by atoms with E-state index in [9.17, 15) is 29.1 Å². The molecule has 5 heterocycles. The monoisotopic (exact) mass is 915 g/mol. The molecule has 7 rings (SSSR count). The van der Waals surface area contributed by atoms with E-state index in [0.717, 1.165) is 39.0 Å². The maximum Gasteiger partial charge on any atom is 0.324 e. The van der Waals surface area contributed by atoms with E-state index >= 15 is 0 Å². The van der Waals surface area contributed by atoms with Gasteiger partial charge in [-0.1, -0.05) is 45.7 Å². The molecule has 2 aromatic heterocycles. The second-order valence-electron chi connectivity index (χ2n) is 19.3. The number of carbonyl (C=O) groups excluding carboxylic acids is 5. The van der Waals surface area contributed by atoms with E-state index in [0.29, 0.717) is 49.9 Å². The number of hydrazine groups is 1. The number of aryl methyl sites for hydroxylation is 1. The highest BCUT2D eigenvalue weighted by Crippen LogP contribution is 2.42. The number of benzene rings is 2. The number of hydrogen-bond donors (Lipinski definition) is 3. The van der Waals surface area contributed by atoms with Gasteiger partial charge in [-0.05, 0) is 117 Å². The van der Waals surface area contributed by atoms with Crippen molar-refractivity contribution >= 4 is 40.5 Å². The average molecular weight is 916 g/mol. The van der Waals surface area contributed by atoms with Gasteiger partial charge in [0.25, 0.3) is 11.8 Å². The summed E-state index contributed by atoms with van der Waals surface area (Å²) in [7, 11) is 3.25. The Morgan fingerprint density at radius 2 is 1.85 bits per heavy atom. The summed E-state index contributed by atoms with van der Waals surface area (Å²) in [6.07, 6.45) is 3.39. The van der Waals surface area contributed by atoms with Crippen LogP contribution in [-0.2, 0) is 52.8 Å². The zero-order chi connectivity index (χ0) is 48.3. The zero-order valence-corrected chi connectivity index (χ0v) is 40.3. The number of phenolic OH excluding ortho intramolecular Hbond substituents is 1. The van der Waals surface area contributed by atoms with Crippen molar-refractivity contribution in [1.82, 2.24) is 35.1 Å². The van der Waals surface area contributed by atoms with Crippen molar-refractivity contribution in [3.63, 3.8) is 0 Å². The fourth-order valence-electron chi connectivity index (χ4n) is 10.0. The Balaban J connectivity index is 1.30. The summed E-state index contributed by atoms with van der Waals surface area (Å²) >= 11 is 0. The van der Waals surface area contributed by atoms with Crippen molar-refractivity contribution in [2.45, 2.75) is 111 Å². The third-order valence-corrected chi connectivity index (χ3v) is 13.4. The van der Waals surface area contributed by atoms with Gasteiger partial charge in [0.05, 0.1) is 30.0 Å². The largest absolute Gasteiger partial charge is 0.508 e. The molecule has 0 saturated carbocycles. The number of rotatable bonds is 9. The number of ether oxygens (including phenoxy) is 2. The zero-order valence-electron chi connectivity index (χ0n) is 40.3. The van der Waals surface area contributed by atoms with Crippen LogP contribution in [-0.4, -0.2) is 118 Å². The second kappa shape index (κ2) is 20.3. The predicted molar refractivity (Wildman–Crippen MR) is 255 cm³/mol. The summed E-state index contributed by atoms with van der Waals surface area (Å²) in [5, 5.41) is 16.7. The molecular weight excluding hydrogens is 851 g/mol. The van der Waals surface area contributed by atoms with E-state index in [1.54, 1.807) is 44.3 Å². The van der Waals surface area contributed by atoms with Gasteiger partial charge in [-0.3, -0.25) is 34.0 Å². The first kappa shape index (κ1) is 48.7. The van der Waals surface area contributed by atoms with Crippen LogP contribution in [0.2, 0.25) is 0 Å². The van der Waals surface area contributed by atoms with Crippen molar-refractivity contribution in [1.29, 1.82) is 0 Å². The third kappa shape index (κ3) is 10.4. The lowest BCUT2D eigenvalue weighted by Crippen LogP contribution is -2.62. The predicted octanol–water partition coefficient (Wildman–Crippen LogP) is 5.81. The van der Waals surface area contributed by atoms with Crippen LogP contribution in [0, 0.1) is 29.1 Å². The van der Waals surface area contributed by atoms with Crippen molar-refractivity contribution in [2.24, 2.45) is 17.3 Å². The minimum Gasteiger partial charge on any atom is -0.508 e. The topological polar surface area (TPSA) is 176 Å². The number of fused-ring (bicyclic) bond motifs is 6. The van der Waals surface area contributed by atoms with Crippen molar-refractivity contribution in [3.8, 4) is 40.0 Å². The second-order valence-corrected chi connectivity index (χ2v) is 19.3. The number of phenols is 1. The van der Waals surface area contributed by atoms with Gasteiger partial charge in [-0.2, -0.15) is 0 Å². The highest BCUT2D eigenvalue weighted by Gasteiger charge is 2.40. The maximum atomic E-state index is 14.7. The first-order chi connectivity index (χ1) is 31.9. The number of likely N-dealkylation sites (tertiary alicyclic amines) is 1. The number of carbonyl (C=O) groups is 5. The van der Waals surface area contributed by atoms with E-state index in [-0.39, 0.29) is 55.7 Å². The Kier molecular flexibility index (Phi) is 14.8. The molecule has 2 aromatic carbocycles. The Bertz CT molecular complexity index is 2610. The number of hydrogen-bond acceptors (Lipinski definition) is 10. The third-order valence-electron chi connectivity index (χ3n) is 13.4. The SMILES string of the molecule is CC#CC(=O)N1CC[C@H](C(=O)N(C)[C@H](C(=O)N[C@H]2Cc3cc(O)cc(c3)-c3ccc4c(c3)c(c(-c3cccnc3[C@H](C)OC)n4CC)CC(C)(C)COC(=O)[C@@H]3CCCN(N3)C2=O)C(C)C)C1. The Morgan fingerprint density at radius 1 is 1.07 bits per heavy atom. The lowest BCUT2D eigenvalue weighted by Gasteiger charge is -2.37. The van der Waals surface area contributed by atoms with E-state index in [4.69, 9.17) is 14.5 Å². The number of esters is 1. The number of nitrogens with one attached hydrogen (secondary N) is 2. The molecule has 3 aliphatic rings. The molecule has 3 aliphatic heterocycles. The molecule has 15 heteroatoms. The molecular formula is C52H65N7O8. The van der Waals surface area contributed by atoms with Gasteiger partial charge >= 0.3 is 5.97 Å². The van der Waals surface area contributed by atoms with Crippen LogP contribution < -0.4 is 10.7 Å². The summed E-state index contributed by atoms with van der Waals surface area (Å²) in [5.74, 6) is 2.15. The number of cyclic esters (lactones) is 1. The molecule has 4 amide bonds. The molecule has 0 unspecified atom stereocenters. The van der Waals surface area contributed by atoms with Crippen LogP contribution in [0.1, 0.15) is 90.7 Å². The van der Waals surface area contributed by atoms with Crippen LogP contribution in [0.15, 0.2) is 54.7 Å². The molecule has 0 radical (unpaired) electrons. The van der Waals surface area contributed by atoms with Crippen LogP contribution >= 0.6 is 0 Å². The van der Waals surface area contributed by atoms with E-state index in [1.165, 1.54) is 9.91 Å². The number of pyridine rings is 1. The van der Waals surface area contributed by atoms with E-state index < -0.39 is 47.2 Å². The minimum atomic E-state index is -1.17. The molecule has 0 spiro atoms. The molecule has 5 atom stereocenters. The fraction of sp³-hybridized carbons (Fsp3) is 0.500. The van der Waals surface area contributed by atoms with Crippen LogP contribution in [0.5, 0.6) is 5.75 Å². The Morgan fingerprint density at radius 3 is 2.57 bits per heavy atom. The maximum absolute atomic E-state index is 14.7. The molecule has 2 fully saturated rings. The minimum absolute atomic E-state index is 0.0143. The summed E-state index contributed by atoms with van der Waals surface area (Å²) in [6, 6.07) is 12.5. The number of methoxy groups -OCH3 is 1. The lowest BCUT2D eigenvalue weighted by atomic mass is 9.84. The van der Waals surface area contributed by atoms with E-state index in [2.05, 4.69) is 66.1 Å². The quantitative estimate of drug-likeness (QED) is 0.137. The molecule has 67 heavy (non-hydrogen) atoms. The standard InChI is InChI=1S/C52H65N7O8/c1-10-14-44(61)57-22-19-35(29-57)49(63)56(8)46(31(3)4)48(62)54-42-25-33-23-36(26-37(60)24-33)34-17-18-43-39(27-34)40(47(58(43)11-2)38-15-12-20-53-45(38)32(5)66-9)28-52(6,7)30-67-51(65)41-16-13-21-59(55-41)50(42)64/h12,15,17-18,20,23-24,26-27,31-32,35,41-42,46,55,60H,11,13,16,19,21-22,25,28-30H2,1-9H3,(H,54,62)/t32-,35-,41-,42-,46-/m0/s1. The molecule has 356 valence electrons. The summed E-state index contributed by atoms with van der Waals surface area (Å²) < 4.78 is 14.2. The van der Waals surface area contributed by atoms with Crippen molar-refractivity contribution in [2.75, 3.05) is 40.4 Å². The number of aromatic hydroxyl groups is 1. The highest BCUT2D eigenvalue weighted by molar-refractivity contribution is 5.97. The van der Waals surface area contributed by atoms with Crippen LogP contribution in [0.3, 0.4) is 0 Å². The number of aromatic nitrogens is 2. The Hall–Kier alpha value is -6.24. The van der Waals surface area contributed by atoms with Gasteiger partial charge in [0.15, 0.2) is 0 Å². The molecule has 0 aliphatic carbocycles. The highest BCUT2D eigenvalue weighted by atomic mass is 16.5. The molecule has 3 N–H and O–H groups in total.